The maximum Gasteiger partial charge on any atom is 0.410 e. The second-order valence-corrected chi connectivity index (χ2v) is 10.2. The number of primary amides is 1. The number of carbonyl (C=O) groups excluding carboxylic acids is 2. The molecule has 0 atom stereocenters. The van der Waals surface area contributed by atoms with Gasteiger partial charge in [0.05, 0.1) is 12.0 Å². The SMILES string of the molecule is CCNC(=NCC(C)(C)C(N)=O)N1CCC(N(CC2CC2)C(=O)OC(C)(C)C)CC1. The quantitative estimate of drug-likeness (QED) is 0.484. The lowest BCUT2D eigenvalue weighted by molar-refractivity contribution is -0.125. The lowest BCUT2D eigenvalue weighted by Gasteiger charge is -2.40. The summed E-state index contributed by atoms with van der Waals surface area (Å²) in [5.41, 5.74) is 4.31. The van der Waals surface area contributed by atoms with E-state index in [1.54, 1.807) is 0 Å². The number of nitrogens with zero attached hydrogens (tertiary/aromatic N) is 3. The molecule has 1 aliphatic carbocycles. The molecule has 0 aromatic heterocycles. The van der Waals surface area contributed by atoms with Crippen molar-refractivity contribution >= 4 is 18.0 Å². The van der Waals surface area contributed by atoms with Gasteiger partial charge in [0.15, 0.2) is 5.96 Å². The Kier molecular flexibility index (Phi) is 7.99. The maximum absolute atomic E-state index is 12.8. The molecule has 0 bridgehead atoms. The lowest BCUT2D eigenvalue weighted by Crippen LogP contribution is -2.52. The zero-order valence-corrected chi connectivity index (χ0v) is 19.7. The van der Waals surface area contributed by atoms with E-state index in [2.05, 4.69) is 15.2 Å². The number of nitrogens with one attached hydrogen (secondary N) is 1. The summed E-state index contributed by atoms with van der Waals surface area (Å²) in [4.78, 5) is 33.3. The molecule has 1 heterocycles. The van der Waals surface area contributed by atoms with Gasteiger partial charge < -0.3 is 25.6 Å². The molecule has 2 amide bonds. The average Bonchev–Trinajstić information content (AvgIpc) is 3.46. The zero-order valence-electron chi connectivity index (χ0n) is 19.7. The Morgan fingerprint density at radius 1 is 1.13 bits per heavy atom. The van der Waals surface area contributed by atoms with Gasteiger partial charge in [-0.3, -0.25) is 9.79 Å². The highest BCUT2D eigenvalue weighted by molar-refractivity contribution is 5.82. The van der Waals surface area contributed by atoms with Gasteiger partial charge in [0.1, 0.15) is 5.60 Å². The van der Waals surface area contributed by atoms with E-state index < -0.39 is 11.0 Å². The molecule has 2 aliphatic rings. The number of likely N-dealkylation sites (tertiary alicyclic amines) is 1. The van der Waals surface area contributed by atoms with Crippen molar-refractivity contribution in [3.8, 4) is 0 Å². The topological polar surface area (TPSA) is 100 Å². The minimum Gasteiger partial charge on any atom is -0.444 e. The number of piperidine rings is 1. The summed E-state index contributed by atoms with van der Waals surface area (Å²) in [6, 6.07) is 0.182. The summed E-state index contributed by atoms with van der Waals surface area (Å²) < 4.78 is 5.69. The van der Waals surface area contributed by atoms with Crippen molar-refractivity contribution in [2.75, 3.05) is 32.7 Å². The van der Waals surface area contributed by atoms with Gasteiger partial charge in [-0.2, -0.15) is 0 Å². The van der Waals surface area contributed by atoms with Crippen LogP contribution in [-0.4, -0.2) is 72.1 Å². The zero-order chi connectivity index (χ0) is 22.5. The first-order chi connectivity index (χ1) is 13.9. The molecule has 0 aromatic rings. The molecular weight excluding hydrogens is 382 g/mol. The van der Waals surface area contributed by atoms with Gasteiger partial charge in [-0.05, 0) is 73.1 Å². The highest BCUT2D eigenvalue weighted by atomic mass is 16.6. The van der Waals surface area contributed by atoms with Gasteiger partial charge in [-0.1, -0.05) is 0 Å². The van der Waals surface area contributed by atoms with Crippen molar-refractivity contribution in [2.24, 2.45) is 22.1 Å². The van der Waals surface area contributed by atoms with E-state index in [0.29, 0.717) is 12.5 Å². The number of hydrogen-bond donors (Lipinski definition) is 2. The van der Waals surface area contributed by atoms with Gasteiger partial charge in [0.2, 0.25) is 5.91 Å². The molecule has 1 saturated heterocycles. The van der Waals surface area contributed by atoms with Crippen LogP contribution in [0.1, 0.15) is 67.2 Å². The van der Waals surface area contributed by atoms with E-state index in [-0.39, 0.29) is 18.0 Å². The van der Waals surface area contributed by atoms with Crippen LogP contribution in [-0.2, 0) is 9.53 Å². The number of ether oxygens (including phenoxy) is 1. The van der Waals surface area contributed by atoms with E-state index >= 15 is 0 Å². The molecule has 0 unspecified atom stereocenters. The van der Waals surface area contributed by atoms with Gasteiger partial charge in [0, 0.05) is 32.2 Å². The number of rotatable bonds is 7. The summed E-state index contributed by atoms with van der Waals surface area (Å²) in [6.45, 7) is 14.9. The molecule has 2 fully saturated rings. The minimum absolute atomic E-state index is 0.182. The van der Waals surface area contributed by atoms with E-state index in [4.69, 9.17) is 10.5 Å². The molecule has 8 heteroatoms. The monoisotopic (exact) mass is 423 g/mol. The van der Waals surface area contributed by atoms with Crippen molar-refractivity contribution in [3.63, 3.8) is 0 Å². The molecule has 2 rings (SSSR count). The molecule has 1 aliphatic heterocycles. The Balaban J connectivity index is 2.01. The molecule has 0 spiro atoms. The van der Waals surface area contributed by atoms with Crippen molar-refractivity contribution in [1.82, 2.24) is 15.1 Å². The second-order valence-electron chi connectivity index (χ2n) is 10.2. The average molecular weight is 424 g/mol. The fourth-order valence-electron chi connectivity index (χ4n) is 3.44. The van der Waals surface area contributed by atoms with Crippen LogP contribution in [0, 0.1) is 11.3 Å². The van der Waals surface area contributed by atoms with E-state index in [0.717, 1.165) is 45.0 Å². The highest BCUT2D eigenvalue weighted by Crippen LogP contribution is 2.32. The Hall–Kier alpha value is -1.99. The largest absolute Gasteiger partial charge is 0.444 e. The Labute approximate surface area is 181 Å². The smallest absolute Gasteiger partial charge is 0.410 e. The summed E-state index contributed by atoms with van der Waals surface area (Å²) in [5, 5.41) is 3.32. The fraction of sp³-hybridized carbons (Fsp3) is 0.864. The van der Waals surface area contributed by atoms with E-state index in [1.165, 1.54) is 12.8 Å². The maximum atomic E-state index is 12.8. The van der Waals surface area contributed by atoms with Gasteiger partial charge in [-0.25, -0.2) is 4.79 Å². The first kappa shape index (κ1) is 24.3. The summed E-state index contributed by atoms with van der Waals surface area (Å²) in [5.74, 6) is 1.07. The number of hydrogen-bond acceptors (Lipinski definition) is 4. The lowest BCUT2D eigenvalue weighted by atomic mass is 9.93. The van der Waals surface area contributed by atoms with Gasteiger partial charge in [0.25, 0.3) is 0 Å². The van der Waals surface area contributed by atoms with Crippen LogP contribution >= 0.6 is 0 Å². The number of amides is 2. The number of nitrogens with two attached hydrogens (primary N) is 1. The van der Waals surface area contributed by atoms with Crippen LogP contribution < -0.4 is 11.1 Å². The van der Waals surface area contributed by atoms with Crippen molar-refractivity contribution in [3.05, 3.63) is 0 Å². The minimum atomic E-state index is -0.684. The molecule has 30 heavy (non-hydrogen) atoms. The van der Waals surface area contributed by atoms with Crippen LogP contribution in [0.4, 0.5) is 4.79 Å². The van der Waals surface area contributed by atoms with Gasteiger partial charge >= 0.3 is 6.09 Å². The molecule has 0 radical (unpaired) electrons. The van der Waals surface area contributed by atoms with Crippen LogP contribution in [0.25, 0.3) is 0 Å². The van der Waals surface area contributed by atoms with Crippen LogP contribution in [0.3, 0.4) is 0 Å². The Morgan fingerprint density at radius 3 is 2.20 bits per heavy atom. The third kappa shape index (κ3) is 7.36. The molecule has 172 valence electrons. The number of carbonyl (C=O) groups is 2. The summed E-state index contributed by atoms with van der Waals surface area (Å²) in [7, 11) is 0. The summed E-state index contributed by atoms with van der Waals surface area (Å²) >= 11 is 0. The standard InChI is InChI=1S/C22H41N5O3/c1-7-24-19(25-15-22(5,6)18(23)28)26-12-10-17(11-13-26)27(14-16-8-9-16)20(29)30-21(2,3)4/h16-17H,7-15H2,1-6H3,(H2,23,28)(H,24,25). The third-order valence-corrected chi connectivity index (χ3v) is 5.61. The molecule has 8 nitrogen and oxygen atoms in total. The van der Waals surface area contributed by atoms with Crippen molar-refractivity contribution < 1.29 is 14.3 Å². The Morgan fingerprint density at radius 2 is 1.73 bits per heavy atom. The van der Waals surface area contributed by atoms with Crippen molar-refractivity contribution in [1.29, 1.82) is 0 Å². The van der Waals surface area contributed by atoms with Crippen LogP contribution in [0.15, 0.2) is 4.99 Å². The number of aliphatic imine (C=N–C) groups is 1. The normalized spacial score (nSPS) is 18.9. The third-order valence-electron chi connectivity index (χ3n) is 5.61. The first-order valence-electron chi connectivity index (χ1n) is 11.3. The number of guanidine groups is 1. The molecule has 1 saturated carbocycles. The first-order valence-corrected chi connectivity index (χ1v) is 11.3. The van der Waals surface area contributed by atoms with E-state index in [1.807, 2.05) is 46.4 Å². The fourth-order valence-corrected chi connectivity index (χ4v) is 3.44. The highest BCUT2D eigenvalue weighted by Gasteiger charge is 2.36. The second kappa shape index (κ2) is 9.88. The van der Waals surface area contributed by atoms with Crippen LogP contribution in [0.5, 0.6) is 0 Å². The molecule has 3 N–H and O–H groups in total. The van der Waals surface area contributed by atoms with Crippen LogP contribution in [0.2, 0.25) is 0 Å². The predicted molar refractivity (Wildman–Crippen MR) is 119 cm³/mol. The van der Waals surface area contributed by atoms with E-state index in [9.17, 15) is 9.59 Å². The molecule has 0 aromatic carbocycles. The summed E-state index contributed by atoms with van der Waals surface area (Å²) in [6.07, 6.45) is 3.94. The Bertz CT molecular complexity index is 629. The van der Waals surface area contributed by atoms with Crippen molar-refractivity contribution in [2.45, 2.75) is 78.9 Å². The molecular formula is C22H41N5O3. The van der Waals surface area contributed by atoms with Gasteiger partial charge in [-0.15, -0.1) is 0 Å². The predicted octanol–water partition coefficient (Wildman–Crippen LogP) is 2.57.